The van der Waals surface area contributed by atoms with Crippen LogP contribution >= 0.6 is 0 Å². The Balaban J connectivity index is 1.63. The molecule has 2 aliphatic carbocycles. The highest BCUT2D eigenvalue weighted by atomic mass is 16.7. The highest BCUT2D eigenvalue weighted by Gasteiger charge is 2.81. The van der Waals surface area contributed by atoms with Gasteiger partial charge in [0.15, 0.2) is 6.10 Å². The molecule has 12 heteroatoms. The van der Waals surface area contributed by atoms with Crippen LogP contribution in [0.3, 0.4) is 0 Å². The van der Waals surface area contributed by atoms with E-state index in [0.29, 0.717) is 6.42 Å². The third kappa shape index (κ3) is 4.85. The first-order chi connectivity index (χ1) is 20.1. The van der Waals surface area contributed by atoms with Crippen molar-refractivity contribution in [3.63, 3.8) is 0 Å². The number of rotatable bonds is 8. The molecule has 3 fully saturated rings. The number of carbonyl (C=O) groups excluding carboxylic acids is 4. The van der Waals surface area contributed by atoms with E-state index in [1.807, 2.05) is 26.0 Å². The number of hydrogen-bond donors (Lipinski definition) is 1. The second kappa shape index (κ2) is 10.9. The van der Waals surface area contributed by atoms with Crippen LogP contribution in [0.25, 0.3) is 0 Å². The first kappa shape index (κ1) is 31.5. The fourth-order valence-electron chi connectivity index (χ4n) is 7.91. The molecule has 1 spiro atoms. The maximum absolute atomic E-state index is 13.6. The van der Waals surface area contributed by atoms with E-state index in [1.165, 1.54) is 27.7 Å². The van der Waals surface area contributed by atoms with Crippen LogP contribution < -0.4 is 0 Å². The first-order valence-electron chi connectivity index (χ1n) is 14.8. The Labute approximate surface area is 251 Å². The predicted molar refractivity (Wildman–Crippen MR) is 147 cm³/mol. The summed E-state index contributed by atoms with van der Waals surface area (Å²) in [6.45, 7) is 10.6. The fraction of sp³-hybridized carbons (Fsp3) is 0.742. The van der Waals surface area contributed by atoms with Gasteiger partial charge in [-0.15, -0.1) is 0 Å². The minimum Gasteiger partial charge on any atom is -0.472 e. The number of esters is 4. The molecule has 0 radical (unpaired) electrons. The average molecular weight is 607 g/mol. The summed E-state index contributed by atoms with van der Waals surface area (Å²) >= 11 is 0. The van der Waals surface area contributed by atoms with Crippen molar-refractivity contribution < 1.29 is 57.4 Å². The zero-order chi connectivity index (χ0) is 31.5. The summed E-state index contributed by atoms with van der Waals surface area (Å²) in [4.78, 5) is 50.2. The lowest BCUT2D eigenvalue weighted by atomic mass is 9.44. The molecule has 1 N–H and O–H groups in total. The molecule has 3 aliphatic heterocycles. The average Bonchev–Trinajstić information content (AvgIpc) is 3.40. The molecule has 12 nitrogen and oxygen atoms in total. The lowest BCUT2D eigenvalue weighted by Crippen LogP contribution is -2.73. The molecule has 5 aliphatic rings. The van der Waals surface area contributed by atoms with Gasteiger partial charge < -0.3 is 38.3 Å². The van der Waals surface area contributed by atoms with Crippen LogP contribution in [0.5, 0.6) is 0 Å². The Hall–Kier alpha value is -2.96. The van der Waals surface area contributed by atoms with Crippen molar-refractivity contribution in [3.8, 4) is 0 Å². The van der Waals surface area contributed by atoms with Crippen molar-refractivity contribution >= 4 is 23.9 Å². The zero-order valence-electron chi connectivity index (χ0n) is 25.7. The van der Waals surface area contributed by atoms with Crippen LogP contribution in [0.1, 0.15) is 67.7 Å². The van der Waals surface area contributed by atoms with E-state index in [4.69, 9.17) is 33.2 Å². The second-order valence-electron chi connectivity index (χ2n) is 12.9. The van der Waals surface area contributed by atoms with Gasteiger partial charge in [-0.25, -0.2) is 4.79 Å². The third-order valence-corrected chi connectivity index (χ3v) is 10.5. The lowest BCUT2D eigenvalue weighted by Gasteiger charge is -2.62. The van der Waals surface area contributed by atoms with Crippen LogP contribution in [0, 0.1) is 22.7 Å². The molecule has 0 amide bonds. The van der Waals surface area contributed by atoms with Crippen molar-refractivity contribution in [2.75, 3.05) is 13.2 Å². The number of ether oxygens (including phenoxy) is 7. The molecule has 0 aromatic rings. The van der Waals surface area contributed by atoms with Crippen LogP contribution in [-0.2, 0) is 52.3 Å². The Morgan fingerprint density at radius 3 is 2.35 bits per heavy atom. The van der Waals surface area contributed by atoms with Crippen LogP contribution in [0.4, 0.5) is 0 Å². The maximum atomic E-state index is 13.6. The van der Waals surface area contributed by atoms with Gasteiger partial charge in [-0.3, -0.25) is 14.4 Å². The number of aliphatic hydroxyl groups is 1. The smallest absolute Gasteiger partial charge is 0.350 e. The topological polar surface area (TPSA) is 156 Å². The van der Waals surface area contributed by atoms with Crippen LogP contribution in [0.15, 0.2) is 24.0 Å². The van der Waals surface area contributed by atoms with E-state index in [-0.39, 0.29) is 38.1 Å². The predicted octanol–water partition coefficient (Wildman–Crippen LogP) is 2.50. The van der Waals surface area contributed by atoms with Gasteiger partial charge >= 0.3 is 23.9 Å². The molecule has 238 valence electrons. The Kier molecular flexibility index (Phi) is 7.97. The van der Waals surface area contributed by atoms with Gasteiger partial charge in [0.05, 0.1) is 30.5 Å². The fourth-order valence-corrected chi connectivity index (χ4v) is 7.91. The minimum atomic E-state index is -1.61. The molecule has 0 bridgehead atoms. The summed E-state index contributed by atoms with van der Waals surface area (Å²) < 4.78 is 41.3. The summed E-state index contributed by atoms with van der Waals surface area (Å²) in [6.07, 6.45) is 2.04. The molecule has 11 atom stereocenters. The largest absolute Gasteiger partial charge is 0.472 e. The molecule has 43 heavy (non-hydrogen) atoms. The normalized spacial score (nSPS) is 42.0. The van der Waals surface area contributed by atoms with Gasteiger partial charge in [-0.05, 0) is 51.2 Å². The quantitative estimate of drug-likeness (QED) is 0.187. The molecule has 3 heterocycles. The van der Waals surface area contributed by atoms with E-state index in [0.717, 1.165) is 5.57 Å². The standard InChI is InChI=1S/C31H42O12/c1-8-28(6,43-19(5)34)27(36)42-25-21(35)13-22-29(7,23-12-20-9-10-37-26(20)41-23)16(2)11-24(40-18(4)33)30(22,14-38-17(3)32)31(25)15-39-31/h9-11,20-26,35H,8,12-15H2,1-7H3/t20-,21-,22-,23+,24+,25+,26+,28-,29+,30+,31-/m1/s1. The minimum absolute atomic E-state index is 0.0273. The number of aliphatic hydroxyl groups excluding tert-OH is 1. The summed E-state index contributed by atoms with van der Waals surface area (Å²) in [5, 5.41) is 11.8. The monoisotopic (exact) mass is 606 g/mol. The van der Waals surface area contributed by atoms with Gasteiger partial charge in [-0.1, -0.05) is 19.4 Å². The molecular formula is C31H42O12. The van der Waals surface area contributed by atoms with E-state index in [9.17, 15) is 24.3 Å². The number of carbonyl (C=O) groups is 4. The molecule has 0 aromatic heterocycles. The first-order valence-corrected chi connectivity index (χ1v) is 14.8. The van der Waals surface area contributed by atoms with E-state index >= 15 is 0 Å². The van der Waals surface area contributed by atoms with Gasteiger partial charge in [-0.2, -0.15) is 0 Å². The maximum Gasteiger partial charge on any atom is 0.350 e. The highest BCUT2D eigenvalue weighted by Crippen LogP contribution is 2.69. The Bertz CT molecular complexity index is 1240. The highest BCUT2D eigenvalue weighted by molar-refractivity contribution is 5.82. The summed E-state index contributed by atoms with van der Waals surface area (Å²) in [5.41, 5.74) is -4.19. The van der Waals surface area contributed by atoms with Crippen molar-refractivity contribution in [2.24, 2.45) is 22.7 Å². The summed E-state index contributed by atoms with van der Waals surface area (Å²) in [6, 6.07) is 0. The van der Waals surface area contributed by atoms with Crippen LogP contribution in [-0.4, -0.2) is 84.1 Å². The molecule has 2 saturated heterocycles. The Morgan fingerprint density at radius 2 is 1.79 bits per heavy atom. The number of hydrogen-bond acceptors (Lipinski definition) is 12. The van der Waals surface area contributed by atoms with Crippen molar-refractivity contribution in [2.45, 2.75) is 110 Å². The SMILES string of the molecule is CC[C@@](C)(OC(C)=O)C(=O)O[C@H]1[C@H](O)C[C@@H]2[C@@](C)([C@@H]3C[C@H]4C=CO[C@H]4O3)C(C)=C[C@H](OC(C)=O)[C@@]2(COC(C)=O)[C@@]12CO2. The van der Waals surface area contributed by atoms with Crippen molar-refractivity contribution in [1.29, 1.82) is 0 Å². The van der Waals surface area contributed by atoms with E-state index < -0.39 is 76.4 Å². The number of epoxide rings is 1. The lowest BCUT2D eigenvalue weighted by molar-refractivity contribution is -0.251. The molecule has 0 unspecified atom stereocenters. The molecule has 1 saturated carbocycles. The van der Waals surface area contributed by atoms with Crippen molar-refractivity contribution in [1.82, 2.24) is 0 Å². The number of fused-ring (bicyclic) bond motifs is 3. The molecular weight excluding hydrogens is 564 g/mol. The van der Waals surface area contributed by atoms with E-state index in [1.54, 1.807) is 13.2 Å². The summed E-state index contributed by atoms with van der Waals surface area (Å²) in [7, 11) is 0. The molecule has 5 rings (SSSR count). The van der Waals surface area contributed by atoms with Gasteiger partial charge in [0.25, 0.3) is 0 Å². The second-order valence-corrected chi connectivity index (χ2v) is 12.9. The molecule has 0 aromatic carbocycles. The third-order valence-electron chi connectivity index (χ3n) is 10.5. The van der Waals surface area contributed by atoms with Gasteiger partial charge in [0, 0.05) is 32.1 Å². The van der Waals surface area contributed by atoms with Crippen LogP contribution in [0.2, 0.25) is 0 Å². The van der Waals surface area contributed by atoms with Gasteiger partial charge in [0.2, 0.25) is 11.9 Å². The van der Waals surface area contributed by atoms with E-state index in [2.05, 4.69) is 0 Å². The Morgan fingerprint density at radius 1 is 1.09 bits per heavy atom. The van der Waals surface area contributed by atoms with Crippen molar-refractivity contribution in [3.05, 3.63) is 24.0 Å². The summed E-state index contributed by atoms with van der Waals surface area (Å²) in [5.74, 6) is -3.11. The van der Waals surface area contributed by atoms with Gasteiger partial charge in [0.1, 0.15) is 18.3 Å². The zero-order valence-corrected chi connectivity index (χ0v) is 25.7.